The number of ether oxygens (including phenoxy) is 1. The van der Waals surface area contributed by atoms with Crippen molar-refractivity contribution < 1.29 is 24.2 Å². The van der Waals surface area contributed by atoms with Crippen LogP contribution in [-0.4, -0.2) is 23.0 Å². The normalized spacial score (nSPS) is 13.1. The number of fused-ring (bicyclic) bond motifs is 1. The van der Waals surface area contributed by atoms with Crippen LogP contribution in [0.3, 0.4) is 0 Å². The Hall–Kier alpha value is -2.17. The Labute approximate surface area is 129 Å². The summed E-state index contributed by atoms with van der Waals surface area (Å²) in [5.41, 5.74) is 0.894. The second kappa shape index (κ2) is 7.20. The van der Waals surface area contributed by atoms with Gasteiger partial charge >= 0.3 is 17.9 Å². The molecule has 5 nitrogen and oxygen atoms in total. The Kier molecular flexibility index (Phi) is 5.31. The first-order valence-electron chi connectivity index (χ1n) is 7.50. The fourth-order valence-corrected chi connectivity index (χ4v) is 2.64. The minimum Gasteiger partial charge on any atom is -0.478 e. The number of aromatic carboxylic acids is 1. The first-order valence-corrected chi connectivity index (χ1v) is 7.50. The van der Waals surface area contributed by atoms with Crippen molar-refractivity contribution in [2.75, 3.05) is 0 Å². The number of aryl methyl sites for hydroxylation is 1. The monoisotopic (exact) mass is 303 g/mol. The number of carboxylic acids is 1. The third-order valence-electron chi connectivity index (χ3n) is 3.77. The van der Waals surface area contributed by atoms with Crippen LogP contribution in [0.5, 0.6) is 0 Å². The van der Waals surface area contributed by atoms with Crippen LogP contribution < -0.4 is 0 Å². The zero-order valence-corrected chi connectivity index (χ0v) is 12.4. The number of cyclic esters (lactones) is 2. The van der Waals surface area contributed by atoms with Crippen LogP contribution >= 0.6 is 0 Å². The van der Waals surface area contributed by atoms with Gasteiger partial charge in [-0.2, -0.15) is 0 Å². The fourth-order valence-electron chi connectivity index (χ4n) is 2.64. The Balaban J connectivity index is 2.12. The molecule has 0 aromatic heterocycles. The first kappa shape index (κ1) is 16.2. The van der Waals surface area contributed by atoms with E-state index in [1.807, 2.05) is 0 Å². The van der Waals surface area contributed by atoms with Crippen LogP contribution in [-0.2, 0) is 11.2 Å². The maximum Gasteiger partial charge on any atom is 0.347 e. The topological polar surface area (TPSA) is 80.7 Å². The van der Waals surface area contributed by atoms with E-state index < -0.39 is 17.9 Å². The molecule has 0 atom stereocenters. The van der Waals surface area contributed by atoms with Gasteiger partial charge in [-0.3, -0.25) is 0 Å². The molecule has 22 heavy (non-hydrogen) atoms. The summed E-state index contributed by atoms with van der Waals surface area (Å²) in [5.74, 6) is -2.56. The fraction of sp³-hybridized carbons (Fsp3) is 0.412. The van der Waals surface area contributed by atoms with Crippen molar-refractivity contribution in [1.29, 1.82) is 0 Å². The maximum atomic E-state index is 11.8. The third kappa shape index (κ3) is 3.53. The van der Waals surface area contributed by atoms with Crippen LogP contribution in [0, 0.1) is 6.92 Å². The van der Waals surface area contributed by atoms with Crippen molar-refractivity contribution in [2.24, 2.45) is 0 Å². The molecule has 0 saturated heterocycles. The number of unbranched alkanes of at least 4 members (excludes halogenated alkanes) is 5. The van der Waals surface area contributed by atoms with Gasteiger partial charge in [0.1, 0.15) is 0 Å². The molecular weight excluding hydrogens is 284 g/mol. The zero-order chi connectivity index (χ0) is 16.1. The SMILES string of the molecule is [CH2]CCCCCCCc1cc(C(=O)O)cc2c1C(=O)OC2=O. The van der Waals surface area contributed by atoms with E-state index in [0.717, 1.165) is 38.5 Å². The van der Waals surface area contributed by atoms with Crippen LogP contribution in [0.4, 0.5) is 0 Å². The average molecular weight is 303 g/mol. The molecule has 117 valence electrons. The minimum absolute atomic E-state index is 0.0115. The van der Waals surface area contributed by atoms with E-state index in [1.54, 1.807) is 0 Å². The summed E-state index contributed by atoms with van der Waals surface area (Å²) in [7, 11) is 0. The number of carboxylic acid groups (broad SMARTS) is 1. The first-order chi connectivity index (χ1) is 10.5. The van der Waals surface area contributed by atoms with Crippen molar-refractivity contribution in [3.05, 3.63) is 41.3 Å². The van der Waals surface area contributed by atoms with Crippen molar-refractivity contribution in [3.8, 4) is 0 Å². The van der Waals surface area contributed by atoms with Gasteiger partial charge in [-0.05, 0) is 30.5 Å². The molecule has 1 N–H and O–H groups in total. The van der Waals surface area contributed by atoms with Gasteiger partial charge in [0.2, 0.25) is 0 Å². The molecule has 0 bridgehead atoms. The number of hydrogen-bond donors (Lipinski definition) is 1. The molecule has 0 unspecified atom stereocenters. The van der Waals surface area contributed by atoms with Crippen LogP contribution in [0.2, 0.25) is 0 Å². The second-order valence-corrected chi connectivity index (χ2v) is 5.41. The molecule has 0 aliphatic carbocycles. The third-order valence-corrected chi connectivity index (χ3v) is 3.77. The molecule has 1 aliphatic heterocycles. The van der Waals surface area contributed by atoms with Gasteiger partial charge in [-0.15, -0.1) is 0 Å². The Bertz CT molecular complexity index is 603. The number of esters is 2. The van der Waals surface area contributed by atoms with Crippen molar-refractivity contribution >= 4 is 17.9 Å². The Morgan fingerprint density at radius 1 is 1.05 bits per heavy atom. The highest BCUT2D eigenvalue weighted by Crippen LogP contribution is 2.27. The molecule has 1 heterocycles. The van der Waals surface area contributed by atoms with Gasteiger partial charge in [0.05, 0.1) is 16.7 Å². The predicted octanol–water partition coefficient (Wildman–Crippen LogP) is 3.41. The van der Waals surface area contributed by atoms with Gasteiger partial charge in [-0.1, -0.05) is 39.0 Å². The Morgan fingerprint density at radius 3 is 2.41 bits per heavy atom. The van der Waals surface area contributed by atoms with E-state index >= 15 is 0 Å². The largest absolute Gasteiger partial charge is 0.478 e. The van der Waals surface area contributed by atoms with E-state index in [-0.39, 0.29) is 16.7 Å². The highest BCUT2D eigenvalue weighted by molar-refractivity contribution is 6.16. The van der Waals surface area contributed by atoms with E-state index in [4.69, 9.17) is 5.11 Å². The number of carbonyl (C=O) groups excluding carboxylic acids is 2. The lowest BCUT2D eigenvalue weighted by Gasteiger charge is -2.07. The van der Waals surface area contributed by atoms with Crippen LogP contribution in [0.25, 0.3) is 0 Å². The average Bonchev–Trinajstić information content (AvgIpc) is 2.77. The molecule has 0 spiro atoms. The van der Waals surface area contributed by atoms with Crippen molar-refractivity contribution in [1.82, 2.24) is 0 Å². The van der Waals surface area contributed by atoms with E-state index in [1.165, 1.54) is 12.1 Å². The highest BCUT2D eigenvalue weighted by atomic mass is 16.6. The van der Waals surface area contributed by atoms with Crippen molar-refractivity contribution in [3.63, 3.8) is 0 Å². The second-order valence-electron chi connectivity index (χ2n) is 5.41. The number of rotatable bonds is 8. The molecule has 5 heteroatoms. The Morgan fingerprint density at radius 2 is 1.73 bits per heavy atom. The lowest BCUT2D eigenvalue weighted by atomic mass is 9.95. The van der Waals surface area contributed by atoms with Gasteiger partial charge < -0.3 is 9.84 Å². The number of hydrogen-bond acceptors (Lipinski definition) is 4. The van der Waals surface area contributed by atoms with Gasteiger partial charge in [0.25, 0.3) is 0 Å². The van der Waals surface area contributed by atoms with Gasteiger partial charge in [-0.25, -0.2) is 14.4 Å². The molecule has 1 aromatic carbocycles. The number of benzene rings is 1. The predicted molar refractivity (Wildman–Crippen MR) is 79.9 cm³/mol. The maximum absolute atomic E-state index is 11.8. The summed E-state index contributed by atoms with van der Waals surface area (Å²) in [5, 5.41) is 9.12. The molecule has 0 saturated carbocycles. The lowest BCUT2D eigenvalue weighted by Crippen LogP contribution is -2.05. The number of carbonyl (C=O) groups is 3. The van der Waals surface area contributed by atoms with E-state index in [2.05, 4.69) is 11.7 Å². The lowest BCUT2D eigenvalue weighted by molar-refractivity contribution is 0.0443. The quantitative estimate of drug-likeness (QED) is 0.452. The molecule has 1 radical (unpaired) electrons. The minimum atomic E-state index is -1.12. The standard InChI is InChI=1S/C17H19O5/c1-2-3-4-5-6-7-8-11-9-12(15(18)19)10-13-14(11)17(21)22-16(13)20/h9-10H,1-8H2,(H,18,19). The highest BCUT2D eigenvalue weighted by Gasteiger charge is 2.33. The summed E-state index contributed by atoms with van der Waals surface area (Å²) < 4.78 is 4.59. The van der Waals surface area contributed by atoms with Crippen LogP contribution in [0.15, 0.2) is 12.1 Å². The molecule has 2 rings (SSSR count). The summed E-state index contributed by atoms with van der Waals surface area (Å²) in [6.45, 7) is 3.79. The van der Waals surface area contributed by atoms with Crippen LogP contribution in [0.1, 0.15) is 75.2 Å². The van der Waals surface area contributed by atoms with Gasteiger partial charge in [0, 0.05) is 0 Å². The molecule has 0 fully saturated rings. The van der Waals surface area contributed by atoms with E-state index in [9.17, 15) is 14.4 Å². The zero-order valence-electron chi connectivity index (χ0n) is 12.4. The molecular formula is C17H19O5. The molecule has 1 aromatic rings. The smallest absolute Gasteiger partial charge is 0.347 e. The summed E-state index contributed by atoms with van der Waals surface area (Å²) in [6, 6.07) is 2.68. The van der Waals surface area contributed by atoms with Crippen molar-refractivity contribution in [2.45, 2.75) is 44.9 Å². The molecule has 1 aliphatic rings. The van der Waals surface area contributed by atoms with Gasteiger partial charge in [0.15, 0.2) is 0 Å². The molecule has 0 amide bonds. The summed E-state index contributed by atoms with van der Waals surface area (Å²) in [4.78, 5) is 34.5. The summed E-state index contributed by atoms with van der Waals surface area (Å²) in [6.07, 6.45) is 6.64. The van der Waals surface area contributed by atoms with E-state index in [0.29, 0.717) is 12.0 Å². The summed E-state index contributed by atoms with van der Waals surface area (Å²) >= 11 is 0.